The van der Waals surface area contributed by atoms with E-state index in [1.54, 1.807) is 25.1 Å². The lowest BCUT2D eigenvalue weighted by atomic mass is 9.76. The standard InChI is InChI=1S/C19H23N3O4/c1-4-9(2)22-16(24)13-14(17(22)25)19(21-15(13)10(3)23)11-7-5-6-8-12(11)20-18(19)26/h5-10,13-15,21,23H,4H2,1-3H3,(H,20,26)/t9-,10+,13-,14-,15-,19-/m0/s1. The van der Waals surface area contributed by atoms with E-state index in [2.05, 4.69) is 10.6 Å². The fraction of sp³-hybridized carbons (Fsp3) is 0.526. The van der Waals surface area contributed by atoms with E-state index in [0.717, 1.165) is 0 Å². The summed E-state index contributed by atoms with van der Waals surface area (Å²) in [6.07, 6.45) is -0.240. The number of benzene rings is 1. The van der Waals surface area contributed by atoms with Gasteiger partial charge >= 0.3 is 0 Å². The molecule has 4 rings (SSSR count). The van der Waals surface area contributed by atoms with Crippen molar-refractivity contribution < 1.29 is 19.5 Å². The van der Waals surface area contributed by atoms with E-state index in [0.29, 0.717) is 17.7 Å². The average Bonchev–Trinajstić information content (AvgIpc) is 3.20. The van der Waals surface area contributed by atoms with Crippen LogP contribution in [0.25, 0.3) is 0 Å². The van der Waals surface area contributed by atoms with Gasteiger partial charge in [-0.1, -0.05) is 25.1 Å². The minimum Gasteiger partial charge on any atom is -0.392 e. The van der Waals surface area contributed by atoms with Gasteiger partial charge in [-0.25, -0.2) is 0 Å². The third kappa shape index (κ3) is 1.92. The summed E-state index contributed by atoms with van der Waals surface area (Å²) in [5.41, 5.74) is -0.0229. The molecule has 2 fully saturated rings. The third-order valence-electron chi connectivity index (χ3n) is 6.14. The largest absolute Gasteiger partial charge is 0.392 e. The highest BCUT2D eigenvalue weighted by atomic mass is 16.3. The Morgan fingerprint density at radius 2 is 1.88 bits per heavy atom. The van der Waals surface area contributed by atoms with Crippen LogP contribution in [0.4, 0.5) is 5.69 Å². The Hall–Kier alpha value is -2.25. The summed E-state index contributed by atoms with van der Waals surface area (Å²) in [6.45, 7) is 5.32. The number of amides is 3. The molecular formula is C19H23N3O4. The minimum absolute atomic E-state index is 0.244. The molecule has 2 saturated heterocycles. The molecule has 1 aromatic carbocycles. The second-order valence-electron chi connectivity index (χ2n) is 7.53. The van der Waals surface area contributed by atoms with Gasteiger partial charge < -0.3 is 10.4 Å². The zero-order valence-corrected chi connectivity index (χ0v) is 15.0. The highest BCUT2D eigenvalue weighted by Crippen LogP contribution is 2.53. The number of nitrogens with zero attached hydrogens (tertiary/aromatic N) is 1. The zero-order valence-electron chi connectivity index (χ0n) is 15.0. The lowest BCUT2D eigenvalue weighted by Gasteiger charge is -2.31. The Balaban J connectivity index is 1.90. The molecule has 0 bridgehead atoms. The number of carbonyl (C=O) groups is 3. The van der Waals surface area contributed by atoms with Crippen molar-refractivity contribution in [1.29, 1.82) is 0 Å². The van der Waals surface area contributed by atoms with Gasteiger partial charge in [0.1, 0.15) is 5.54 Å². The number of fused-ring (bicyclic) bond motifs is 4. The quantitative estimate of drug-likeness (QED) is 0.688. The van der Waals surface area contributed by atoms with Crippen molar-refractivity contribution in [2.45, 2.75) is 50.9 Å². The number of nitrogens with one attached hydrogen (secondary N) is 2. The molecule has 6 atom stereocenters. The Morgan fingerprint density at radius 3 is 2.54 bits per heavy atom. The number of hydrogen-bond acceptors (Lipinski definition) is 5. The van der Waals surface area contributed by atoms with Gasteiger partial charge in [0.2, 0.25) is 17.7 Å². The van der Waals surface area contributed by atoms with Crippen LogP contribution in [0, 0.1) is 11.8 Å². The van der Waals surface area contributed by atoms with Crippen molar-refractivity contribution in [3.63, 3.8) is 0 Å². The van der Waals surface area contributed by atoms with E-state index in [1.165, 1.54) is 4.90 Å². The molecule has 3 aliphatic heterocycles. The molecule has 138 valence electrons. The van der Waals surface area contributed by atoms with Crippen LogP contribution < -0.4 is 10.6 Å². The maximum absolute atomic E-state index is 13.3. The molecular weight excluding hydrogens is 334 g/mol. The number of aliphatic hydroxyl groups is 1. The van der Waals surface area contributed by atoms with Crippen LogP contribution in [-0.4, -0.2) is 45.9 Å². The molecule has 0 radical (unpaired) electrons. The van der Waals surface area contributed by atoms with E-state index >= 15 is 0 Å². The van der Waals surface area contributed by atoms with E-state index in [4.69, 9.17) is 0 Å². The third-order valence-corrected chi connectivity index (χ3v) is 6.14. The van der Waals surface area contributed by atoms with E-state index in [1.807, 2.05) is 19.9 Å². The van der Waals surface area contributed by atoms with Crippen LogP contribution in [0.2, 0.25) is 0 Å². The van der Waals surface area contributed by atoms with E-state index < -0.39 is 29.5 Å². The molecule has 1 aromatic rings. The molecule has 7 heteroatoms. The molecule has 3 N–H and O–H groups in total. The van der Waals surface area contributed by atoms with Crippen molar-refractivity contribution >= 4 is 23.4 Å². The summed E-state index contributed by atoms with van der Waals surface area (Å²) in [7, 11) is 0. The Morgan fingerprint density at radius 1 is 1.19 bits per heavy atom. The molecule has 3 heterocycles. The van der Waals surface area contributed by atoms with Gasteiger partial charge in [0.15, 0.2) is 0 Å². The number of aliphatic hydroxyl groups excluding tert-OH is 1. The molecule has 0 saturated carbocycles. The normalized spacial score (nSPS) is 34.8. The number of rotatable bonds is 3. The van der Waals surface area contributed by atoms with Crippen molar-refractivity contribution in [2.75, 3.05) is 5.32 Å². The van der Waals surface area contributed by atoms with Crippen LogP contribution in [0.5, 0.6) is 0 Å². The average molecular weight is 357 g/mol. The van der Waals surface area contributed by atoms with Crippen molar-refractivity contribution in [1.82, 2.24) is 10.2 Å². The number of para-hydroxylation sites is 1. The van der Waals surface area contributed by atoms with Gasteiger partial charge in [0.05, 0.1) is 17.9 Å². The van der Waals surface area contributed by atoms with E-state index in [9.17, 15) is 19.5 Å². The van der Waals surface area contributed by atoms with Gasteiger partial charge in [-0.3, -0.25) is 24.6 Å². The SMILES string of the molecule is CC[C@H](C)N1C(=O)[C@@H]2[C@H]([C@@H](C)O)N[C@]3(C(=O)Nc4ccccc43)[C@@H]2C1=O. The second kappa shape index (κ2) is 5.62. The molecule has 0 unspecified atom stereocenters. The first-order valence-corrected chi connectivity index (χ1v) is 9.08. The topological polar surface area (TPSA) is 98.7 Å². The summed E-state index contributed by atoms with van der Waals surface area (Å²) in [4.78, 5) is 40.7. The van der Waals surface area contributed by atoms with Gasteiger partial charge in [0, 0.05) is 23.3 Å². The van der Waals surface area contributed by atoms with Gasteiger partial charge in [-0.15, -0.1) is 0 Å². The second-order valence-corrected chi connectivity index (χ2v) is 7.53. The lowest BCUT2D eigenvalue weighted by molar-refractivity contribution is -0.145. The zero-order chi connectivity index (χ0) is 18.8. The van der Waals surface area contributed by atoms with Gasteiger partial charge in [-0.2, -0.15) is 0 Å². The number of anilines is 1. The molecule has 1 spiro atoms. The monoisotopic (exact) mass is 357 g/mol. The molecule has 7 nitrogen and oxygen atoms in total. The predicted octanol–water partition coefficient (Wildman–Crippen LogP) is 0.586. The van der Waals surface area contributed by atoms with E-state index in [-0.39, 0.29) is 23.8 Å². The summed E-state index contributed by atoms with van der Waals surface area (Å²) in [5, 5.41) is 16.3. The van der Waals surface area contributed by atoms with Crippen LogP contribution >= 0.6 is 0 Å². The Kier molecular flexibility index (Phi) is 3.71. The maximum atomic E-state index is 13.3. The molecule has 3 aliphatic rings. The summed E-state index contributed by atoms with van der Waals surface area (Å²) in [5.74, 6) is -2.59. The highest BCUT2D eigenvalue weighted by Gasteiger charge is 2.71. The summed E-state index contributed by atoms with van der Waals surface area (Å²) in [6, 6.07) is 6.28. The lowest BCUT2D eigenvalue weighted by Crippen LogP contribution is -2.55. The number of carbonyl (C=O) groups excluding carboxylic acids is 3. The van der Waals surface area contributed by atoms with Crippen LogP contribution in [0.3, 0.4) is 0 Å². The van der Waals surface area contributed by atoms with Crippen LogP contribution in [-0.2, 0) is 19.9 Å². The van der Waals surface area contributed by atoms with Crippen LogP contribution in [0.1, 0.15) is 32.8 Å². The molecule has 26 heavy (non-hydrogen) atoms. The Bertz CT molecular complexity index is 808. The number of hydrogen-bond donors (Lipinski definition) is 3. The van der Waals surface area contributed by atoms with Crippen molar-refractivity contribution in [2.24, 2.45) is 11.8 Å². The van der Waals surface area contributed by atoms with Crippen molar-refractivity contribution in [3.05, 3.63) is 29.8 Å². The maximum Gasteiger partial charge on any atom is 0.250 e. The first-order valence-electron chi connectivity index (χ1n) is 9.08. The van der Waals surface area contributed by atoms with Crippen LogP contribution in [0.15, 0.2) is 24.3 Å². The fourth-order valence-electron chi connectivity index (χ4n) is 4.74. The first kappa shape index (κ1) is 17.2. The molecule has 3 amide bonds. The predicted molar refractivity (Wildman–Crippen MR) is 93.9 cm³/mol. The van der Waals surface area contributed by atoms with Crippen molar-refractivity contribution in [3.8, 4) is 0 Å². The van der Waals surface area contributed by atoms with Gasteiger partial charge in [-0.05, 0) is 26.3 Å². The first-order chi connectivity index (χ1) is 12.3. The minimum atomic E-state index is -1.32. The summed E-state index contributed by atoms with van der Waals surface area (Å²) < 4.78 is 0. The fourth-order valence-corrected chi connectivity index (χ4v) is 4.74. The number of imide groups is 1. The molecule has 0 aliphatic carbocycles. The number of likely N-dealkylation sites (tertiary alicyclic amines) is 1. The highest BCUT2D eigenvalue weighted by molar-refractivity contribution is 6.15. The smallest absolute Gasteiger partial charge is 0.250 e. The summed E-state index contributed by atoms with van der Waals surface area (Å²) >= 11 is 0. The molecule has 0 aromatic heterocycles. The Labute approximate surface area is 151 Å². The van der Waals surface area contributed by atoms with Gasteiger partial charge in [0.25, 0.3) is 0 Å².